The van der Waals surface area contributed by atoms with Crippen LogP contribution in [0.15, 0.2) is 146 Å². The van der Waals surface area contributed by atoms with Gasteiger partial charge in [0.05, 0.1) is 33.1 Å². The molecule has 4 nitrogen and oxygen atoms in total. The van der Waals surface area contributed by atoms with E-state index >= 15 is 0 Å². The highest BCUT2D eigenvalue weighted by Gasteiger charge is 2.18. The van der Waals surface area contributed by atoms with Gasteiger partial charge in [-0.25, -0.2) is 9.97 Å². The van der Waals surface area contributed by atoms with E-state index in [1.54, 1.807) is 0 Å². The summed E-state index contributed by atoms with van der Waals surface area (Å²) in [4.78, 5) is 10.6. The molecule has 3 aromatic heterocycles. The van der Waals surface area contributed by atoms with Gasteiger partial charge in [-0.3, -0.25) is 8.80 Å². The van der Waals surface area contributed by atoms with Crippen LogP contribution in [0.5, 0.6) is 0 Å². The highest BCUT2D eigenvalue weighted by atomic mass is 15.1. The Hall–Kier alpha value is -5.74. The molecular weight excluding hydrogens is 512 g/mol. The molecule has 196 valence electrons. The number of imidazole rings is 2. The van der Waals surface area contributed by atoms with Crippen molar-refractivity contribution in [3.63, 3.8) is 0 Å². The number of aromatic nitrogens is 4. The number of para-hydroxylation sites is 4. The Labute approximate surface area is 241 Å². The summed E-state index contributed by atoms with van der Waals surface area (Å²) in [5, 5.41) is 2.32. The minimum absolute atomic E-state index is 0.826. The molecule has 6 aromatic carbocycles. The summed E-state index contributed by atoms with van der Waals surface area (Å²) in [6.07, 6.45) is 0. The number of hydrogen-bond donors (Lipinski definition) is 0. The van der Waals surface area contributed by atoms with Crippen LogP contribution in [0, 0.1) is 0 Å². The summed E-state index contributed by atoms with van der Waals surface area (Å²) < 4.78 is 4.58. The van der Waals surface area contributed by atoms with E-state index in [2.05, 4.69) is 148 Å². The van der Waals surface area contributed by atoms with Gasteiger partial charge in [0.25, 0.3) is 0 Å². The Morgan fingerprint density at radius 2 is 0.810 bits per heavy atom. The topological polar surface area (TPSA) is 34.6 Å². The number of fused-ring (bicyclic) bond motifs is 12. The highest BCUT2D eigenvalue weighted by Crippen LogP contribution is 2.38. The third-order valence-electron chi connectivity index (χ3n) is 8.30. The minimum Gasteiger partial charge on any atom is -0.289 e. The molecule has 9 aromatic rings. The first-order valence-electron chi connectivity index (χ1n) is 14.2. The molecule has 0 fully saturated rings. The maximum absolute atomic E-state index is 5.36. The first-order chi connectivity index (χ1) is 20.8. The van der Waals surface area contributed by atoms with Crippen molar-refractivity contribution in [3.8, 4) is 22.3 Å². The van der Waals surface area contributed by atoms with Gasteiger partial charge in [-0.2, -0.15) is 0 Å². The second-order valence-electron chi connectivity index (χ2n) is 10.7. The zero-order valence-electron chi connectivity index (χ0n) is 22.6. The molecule has 0 aliphatic heterocycles. The molecule has 0 amide bonds. The minimum atomic E-state index is 0.826. The predicted molar refractivity (Wildman–Crippen MR) is 174 cm³/mol. The Kier molecular flexibility index (Phi) is 4.87. The second kappa shape index (κ2) is 8.88. The number of rotatable bonds is 2. The van der Waals surface area contributed by atoms with Crippen molar-refractivity contribution in [3.05, 3.63) is 146 Å². The van der Waals surface area contributed by atoms with Crippen molar-refractivity contribution in [2.45, 2.75) is 0 Å². The molecule has 0 saturated heterocycles. The van der Waals surface area contributed by atoms with Gasteiger partial charge in [-0.05, 0) is 58.7 Å². The number of nitrogens with zero attached hydrogens (tertiary/aromatic N) is 4. The fourth-order valence-electron chi connectivity index (χ4n) is 6.44. The van der Waals surface area contributed by atoms with Crippen LogP contribution >= 0.6 is 0 Å². The molecular formula is C38H24N4. The van der Waals surface area contributed by atoms with E-state index in [0.29, 0.717) is 0 Å². The normalized spacial score (nSPS) is 11.8. The fourth-order valence-corrected chi connectivity index (χ4v) is 6.44. The fraction of sp³-hybridized carbons (Fsp3) is 0. The third kappa shape index (κ3) is 3.29. The van der Waals surface area contributed by atoms with E-state index in [1.165, 1.54) is 16.7 Å². The van der Waals surface area contributed by atoms with Crippen LogP contribution in [0.4, 0.5) is 0 Å². The quantitative estimate of drug-likeness (QED) is 0.220. The monoisotopic (exact) mass is 536 g/mol. The molecule has 0 atom stereocenters. The Balaban J connectivity index is 1.58. The van der Waals surface area contributed by atoms with Crippen molar-refractivity contribution in [2.75, 3.05) is 0 Å². The summed E-state index contributed by atoms with van der Waals surface area (Å²) in [6, 6.07) is 51.4. The lowest BCUT2D eigenvalue weighted by molar-refractivity contribution is 1.25. The number of hydrogen-bond acceptors (Lipinski definition) is 2. The van der Waals surface area contributed by atoms with Crippen molar-refractivity contribution in [1.29, 1.82) is 0 Å². The van der Waals surface area contributed by atoms with E-state index < -0.39 is 0 Å². The van der Waals surface area contributed by atoms with E-state index in [-0.39, 0.29) is 0 Å². The second-order valence-corrected chi connectivity index (χ2v) is 10.7. The maximum atomic E-state index is 5.36. The standard InChI is InChI=1S/C38H24N4/c1-3-13-25(14-4-1)29-23-32-36(24-30(29)26-15-5-2-6-16-26)42-34-21-11-8-18-28(34)27-17-7-10-20-33(27)41-35-22-12-9-19-31(35)39-37(41)38(42)40-32/h1-24H. The molecule has 0 unspecified atom stereocenters. The van der Waals surface area contributed by atoms with E-state index in [4.69, 9.17) is 9.97 Å². The number of benzene rings is 6. The Morgan fingerprint density at radius 1 is 0.357 bits per heavy atom. The van der Waals surface area contributed by atoms with Gasteiger partial charge in [0.15, 0.2) is 11.3 Å². The Bertz CT molecular complexity index is 2510. The van der Waals surface area contributed by atoms with Crippen molar-refractivity contribution in [2.24, 2.45) is 0 Å². The van der Waals surface area contributed by atoms with Gasteiger partial charge < -0.3 is 0 Å². The van der Waals surface area contributed by atoms with Gasteiger partial charge in [0.2, 0.25) is 0 Å². The molecule has 0 N–H and O–H groups in total. The van der Waals surface area contributed by atoms with Crippen LogP contribution in [0.1, 0.15) is 0 Å². The lowest BCUT2D eigenvalue weighted by Gasteiger charge is -2.12. The lowest BCUT2D eigenvalue weighted by Crippen LogP contribution is -1.94. The first-order valence-corrected chi connectivity index (χ1v) is 14.2. The van der Waals surface area contributed by atoms with Gasteiger partial charge in [0, 0.05) is 10.8 Å². The van der Waals surface area contributed by atoms with Gasteiger partial charge in [-0.1, -0.05) is 109 Å². The lowest BCUT2D eigenvalue weighted by atomic mass is 9.94. The summed E-state index contributed by atoms with van der Waals surface area (Å²) in [5.41, 5.74) is 12.5. The molecule has 3 heterocycles. The van der Waals surface area contributed by atoms with Crippen LogP contribution in [0.2, 0.25) is 0 Å². The van der Waals surface area contributed by atoms with E-state index in [0.717, 1.165) is 60.7 Å². The van der Waals surface area contributed by atoms with Gasteiger partial charge in [0.1, 0.15) is 0 Å². The maximum Gasteiger partial charge on any atom is 0.182 e. The average Bonchev–Trinajstić information content (AvgIpc) is 3.62. The van der Waals surface area contributed by atoms with Crippen LogP contribution in [0.25, 0.3) is 77.4 Å². The molecule has 4 heteroatoms. The van der Waals surface area contributed by atoms with Crippen LogP contribution in [-0.4, -0.2) is 18.8 Å². The van der Waals surface area contributed by atoms with Crippen molar-refractivity contribution in [1.82, 2.24) is 18.8 Å². The molecule has 0 spiro atoms. The molecule has 9 rings (SSSR count). The summed E-state index contributed by atoms with van der Waals surface area (Å²) >= 11 is 0. The van der Waals surface area contributed by atoms with Gasteiger partial charge >= 0.3 is 0 Å². The average molecular weight is 537 g/mol. The molecule has 42 heavy (non-hydrogen) atoms. The Morgan fingerprint density at radius 3 is 1.43 bits per heavy atom. The molecule has 0 bridgehead atoms. The zero-order valence-corrected chi connectivity index (χ0v) is 22.6. The third-order valence-corrected chi connectivity index (χ3v) is 8.30. The van der Waals surface area contributed by atoms with Crippen molar-refractivity contribution < 1.29 is 0 Å². The molecule has 0 radical (unpaired) electrons. The van der Waals surface area contributed by atoms with Crippen LogP contribution in [-0.2, 0) is 0 Å². The first kappa shape index (κ1) is 23.0. The predicted octanol–water partition coefficient (Wildman–Crippen LogP) is 9.49. The van der Waals surface area contributed by atoms with Crippen LogP contribution < -0.4 is 0 Å². The molecule has 0 saturated carbocycles. The van der Waals surface area contributed by atoms with E-state index in [1.807, 2.05) is 6.07 Å². The van der Waals surface area contributed by atoms with Gasteiger partial charge in [-0.15, -0.1) is 0 Å². The molecule has 0 aliphatic rings. The smallest absolute Gasteiger partial charge is 0.182 e. The van der Waals surface area contributed by atoms with Crippen molar-refractivity contribution >= 4 is 55.2 Å². The summed E-state index contributed by atoms with van der Waals surface area (Å²) in [7, 11) is 0. The largest absolute Gasteiger partial charge is 0.289 e. The highest BCUT2D eigenvalue weighted by molar-refractivity contribution is 6.08. The summed E-state index contributed by atoms with van der Waals surface area (Å²) in [6.45, 7) is 0. The molecule has 0 aliphatic carbocycles. The van der Waals surface area contributed by atoms with E-state index in [9.17, 15) is 0 Å². The summed E-state index contributed by atoms with van der Waals surface area (Å²) in [5.74, 6) is 0. The van der Waals surface area contributed by atoms with Crippen LogP contribution in [0.3, 0.4) is 0 Å². The SMILES string of the molecule is c1ccc(-c2cc3nc4c5nc6ccccc6n5c5ccccc5c5ccccc5n4c3cc2-c2ccccc2)cc1. The zero-order chi connectivity index (χ0) is 27.6.